The van der Waals surface area contributed by atoms with Crippen LogP contribution in [0, 0.1) is 5.41 Å². The van der Waals surface area contributed by atoms with Crippen LogP contribution in [0.2, 0.25) is 0 Å². The highest BCUT2D eigenvalue weighted by atomic mass is 16.2. The van der Waals surface area contributed by atoms with Crippen LogP contribution in [0.5, 0.6) is 0 Å². The number of hydrogen-bond donors (Lipinski definition) is 1. The van der Waals surface area contributed by atoms with E-state index in [-0.39, 0.29) is 11.3 Å². The summed E-state index contributed by atoms with van der Waals surface area (Å²) in [5, 5.41) is 2.86. The number of carbonyl (C=O) groups excluding carboxylic acids is 1. The lowest BCUT2D eigenvalue weighted by Crippen LogP contribution is -2.31. The SMILES string of the molecule is CC.CCNC(=O)C1(CC)CC1. The third kappa shape index (κ3) is 2.50. The van der Waals surface area contributed by atoms with Crippen molar-refractivity contribution in [3.05, 3.63) is 0 Å². The van der Waals surface area contributed by atoms with Crippen LogP contribution in [-0.2, 0) is 4.79 Å². The van der Waals surface area contributed by atoms with Crippen LogP contribution in [0.3, 0.4) is 0 Å². The maximum Gasteiger partial charge on any atom is 0.226 e. The molecule has 0 aliphatic heterocycles. The van der Waals surface area contributed by atoms with Crippen LogP contribution >= 0.6 is 0 Å². The Balaban J connectivity index is 0.000000561. The summed E-state index contributed by atoms with van der Waals surface area (Å²) in [5.41, 5.74) is 0.0516. The molecule has 0 unspecified atom stereocenters. The van der Waals surface area contributed by atoms with E-state index in [1.165, 1.54) is 0 Å². The Morgan fingerprint density at radius 2 is 1.83 bits per heavy atom. The molecule has 0 atom stereocenters. The van der Waals surface area contributed by atoms with E-state index in [1.54, 1.807) is 0 Å². The van der Waals surface area contributed by atoms with Crippen molar-refractivity contribution in [1.29, 1.82) is 0 Å². The van der Waals surface area contributed by atoms with E-state index in [0.29, 0.717) is 0 Å². The summed E-state index contributed by atoms with van der Waals surface area (Å²) < 4.78 is 0. The molecule has 1 amide bonds. The molecule has 2 nitrogen and oxygen atoms in total. The van der Waals surface area contributed by atoms with Gasteiger partial charge in [0.1, 0.15) is 0 Å². The molecule has 72 valence electrons. The van der Waals surface area contributed by atoms with Crippen LogP contribution in [-0.4, -0.2) is 12.5 Å². The summed E-state index contributed by atoms with van der Waals surface area (Å²) in [5.74, 6) is 0.262. The standard InChI is InChI=1S/C8H15NO.C2H6/c1-3-8(5-6-8)7(10)9-4-2;1-2/h3-6H2,1-2H3,(H,9,10);1-2H3. The van der Waals surface area contributed by atoms with Crippen molar-refractivity contribution < 1.29 is 4.79 Å². The van der Waals surface area contributed by atoms with Gasteiger partial charge >= 0.3 is 0 Å². The highest BCUT2D eigenvalue weighted by Gasteiger charge is 2.47. The molecule has 1 rings (SSSR count). The lowest BCUT2D eigenvalue weighted by Gasteiger charge is -2.10. The first-order valence-corrected chi connectivity index (χ1v) is 5.03. The van der Waals surface area contributed by atoms with Crippen LogP contribution in [0.4, 0.5) is 0 Å². The van der Waals surface area contributed by atoms with Gasteiger partial charge in [0.2, 0.25) is 5.91 Å². The largest absolute Gasteiger partial charge is 0.356 e. The van der Waals surface area contributed by atoms with Gasteiger partial charge in [-0.2, -0.15) is 0 Å². The van der Waals surface area contributed by atoms with Gasteiger partial charge in [-0.25, -0.2) is 0 Å². The van der Waals surface area contributed by atoms with Crippen LogP contribution in [0.25, 0.3) is 0 Å². The van der Waals surface area contributed by atoms with Gasteiger partial charge in [0.25, 0.3) is 0 Å². The first-order valence-electron chi connectivity index (χ1n) is 5.03. The van der Waals surface area contributed by atoms with Crippen molar-refractivity contribution in [1.82, 2.24) is 5.32 Å². The molecule has 0 heterocycles. The minimum Gasteiger partial charge on any atom is -0.356 e. The Morgan fingerprint density at radius 3 is 2.08 bits per heavy atom. The molecule has 1 saturated carbocycles. The Hall–Kier alpha value is -0.530. The molecule has 1 N–H and O–H groups in total. The third-order valence-electron chi connectivity index (χ3n) is 2.35. The van der Waals surface area contributed by atoms with E-state index >= 15 is 0 Å². The number of nitrogens with one attached hydrogen (secondary N) is 1. The van der Waals surface area contributed by atoms with E-state index in [0.717, 1.165) is 25.8 Å². The maximum absolute atomic E-state index is 11.2. The molecule has 0 aromatic rings. The van der Waals surface area contributed by atoms with E-state index < -0.39 is 0 Å². The molecular formula is C10H21NO. The van der Waals surface area contributed by atoms with Gasteiger partial charge in [0.15, 0.2) is 0 Å². The molecular weight excluding hydrogens is 150 g/mol. The van der Waals surface area contributed by atoms with E-state index in [1.807, 2.05) is 20.8 Å². The van der Waals surface area contributed by atoms with Gasteiger partial charge in [-0.05, 0) is 26.2 Å². The minimum absolute atomic E-state index is 0.0516. The normalized spacial score (nSPS) is 17.3. The average Bonchev–Trinajstić information content (AvgIpc) is 2.89. The molecule has 0 aromatic heterocycles. The van der Waals surface area contributed by atoms with Crippen molar-refractivity contribution in [3.8, 4) is 0 Å². The van der Waals surface area contributed by atoms with Crippen molar-refractivity contribution in [2.24, 2.45) is 5.41 Å². The Bertz CT molecular complexity index is 139. The smallest absolute Gasteiger partial charge is 0.226 e. The number of amides is 1. The van der Waals surface area contributed by atoms with Gasteiger partial charge in [-0.3, -0.25) is 4.79 Å². The van der Waals surface area contributed by atoms with Gasteiger partial charge in [0.05, 0.1) is 0 Å². The number of carbonyl (C=O) groups is 1. The van der Waals surface area contributed by atoms with Gasteiger partial charge in [-0.15, -0.1) is 0 Å². The van der Waals surface area contributed by atoms with E-state index in [2.05, 4.69) is 12.2 Å². The fraction of sp³-hybridized carbons (Fsp3) is 0.900. The second-order valence-electron chi connectivity index (χ2n) is 2.99. The average molecular weight is 171 g/mol. The van der Waals surface area contributed by atoms with Crippen molar-refractivity contribution in [2.75, 3.05) is 6.54 Å². The Morgan fingerprint density at radius 1 is 1.33 bits per heavy atom. The molecule has 2 heteroatoms. The summed E-state index contributed by atoms with van der Waals surface area (Å²) in [7, 11) is 0. The Labute approximate surface area is 75.7 Å². The monoisotopic (exact) mass is 171 g/mol. The first kappa shape index (κ1) is 11.5. The molecule has 1 fully saturated rings. The lowest BCUT2D eigenvalue weighted by molar-refractivity contribution is -0.126. The third-order valence-corrected chi connectivity index (χ3v) is 2.35. The van der Waals surface area contributed by atoms with Gasteiger partial charge < -0.3 is 5.32 Å². The minimum atomic E-state index is 0.0516. The molecule has 0 bridgehead atoms. The zero-order valence-electron chi connectivity index (χ0n) is 8.74. The molecule has 1 aliphatic carbocycles. The summed E-state index contributed by atoms with van der Waals surface area (Å²) in [6.45, 7) is 8.81. The first-order chi connectivity index (χ1) is 5.75. The predicted molar refractivity (Wildman–Crippen MR) is 52.0 cm³/mol. The molecule has 12 heavy (non-hydrogen) atoms. The van der Waals surface area contributed by atoms with Crippen molar-refractivity contribution in [2.45, 2.75) is 47.0 Å². The Kier molecular flexibility index (Phi) is 4.95. The molecule has 0 spiro atoms. The molecule has 0 saturated heterocycles. The predicted octanol–water partition coefficient (Wildman–Crippen LogP) is 2.34. The van der Waals surface area contributed by atoms with E-state index in [4.69, 9.17) is 0 Å². The van der Waals surface area contributed by atoms with E-state index in [9.17, 15) is 4.79 Å². The molecule has 1 aliphatic rings. The summed E-state index contributed by atoms with van der Waals surface area (Å²) >= 11 is 0. The fourth-order valence-corrected chi connectivity index (χ4v) is 1.24. The van der Waals surface area contributed by atoms with Crippen LogP contribution < -0.4 is 5.32 Å². The van der Waals surface area contributed by atoms with Crippen molar-refractivity contribution >= 4 is 5.91 Å². The van der Waals surface area contributed by atoms with Crippen molar-refractivity contribution in [3.63, 3.8) is 0 Å². The van der Waals surface area contributed by atoms with Crippen LogP contribution in [0.15, 0.2) is 0 Å². The number of rotatable bonds is 3. The van der Waals surface area contributed by atoms with Crippen LogP contribution in [0.1, 0.15) is 47.0 Å². The summed E-state index contributed by atoms with van der Waals surface area (Å²) in [4.78, 5) is 11.2. The van der Waals surface area contributed by atoms with Gasteiger partial charge in [-0.1, -0.05) is 20.8 Å². The highest BCUT2D eigenvalue weighted by Crippen LogP contribution is 2.48. The highest BCUT2D eigenvalue weighted by molar-refractivity contribution is 5.85. The second kappa shape index (κ2) is 5.18. The number of hydrogen-bond acceptors (Lipinski definition) is 1. The lowest BCUT2D eigenvalue weighted by atomic mass is 10.0. The summed E-state index contributed by atoms with van der Waals surface area (Å²) in [6.07, 6.45) is 3.18. The second-order valence-corrected chi connectivity index (χ2v) is 2.99. The summed E-state index contributed by atoms with van der Waals surface area (Å²) in [6, 6.07) is 0. The fourth-order valence-electron chi connectivity index (χ4n) is 1.24. The zero-order valence-corrected chi connectivity index (χ0v) is 8.74. The quantitative estimate of drug-likeness (QED) is 0.693. The molecule has 0 radical (unpaired) electrons. The molecule has 0 aromatic carbocycles. The van der Waals surface area contributed by atoms with Gasteiger partial charge in [0, 0.05) is 12.0 Å². The zero-order chi connectivity index (χ0) is 9.61. The topological polar surface area (TPSA) is 29.1 Å². The maximum atomic E-state index is 11.2.